The first-order valence-corrected chi connectivity index (χ1v) is 6.76. The normalized spacial score (nSPS) is 17.0. The van der Waals surface area contributed by atoms with E-state index >= 15 is 0 Å². The summed E-state index contributed by atoms with van der Waals surface area (Å²) in [5.41, 5.74) is 8.07. The Morgan fingerprint density at radius 3 is 3.00 bits per heavy atom. The molecule has 1 atom stereocenters. The summed E-state index contributed by atoms with van der Waals surface area (Å²) in [4.78, 5) is 16.1. The van der Waals surface area contributed by atoms with Crippen molar-refractivity contribution in [3.63, 3.8) is 0 Å². The van der Waals surface area contributed by atoms with Crippen LogP contribution in [0.3, 0.4) is 0 Å². The van der Waals surface area contributed by atoms with Crippen molar-refractivity contribution in [3.8, 4) is 0 Å². The van der Waals surface area contributed by atoms with Crippen molar-refractivity contribution in [3.05, 3.63) is 52.2 Å². The fraction of sp³-hybridized carbons (Fsp3) is 0.286. The van der Waals surface area contributed by atoms with Gasteiger partial charge in [0.05, 0.1) is 6.54 Å². The van der Waals surface area contributed by atoms with Crippen LogP contribution in [0.2, 0.25) is 5.02 Å². The molecule has 0 saturated heterocycles. The number of carbonyl (C=O) groups is 1. The number of oxazole rings is 1. The van der Waals surface area contributed by atoms with Gasteiger partial charge in [0.1, 0.15) is 6.26 Å². The van der Waals surface area contributed by atoms with Gasteiger partial charge in [0, 0.05) is 11.1 Å². The first kappa shape index (κ1) is 13.1. The number of amides is 1. The number of nitrogens with one attached hydrogen (secondary N) is 1. The predicted octanol–water partition coefficient (Wildman–Crippen LogP) is 1.68. The molecular weight excluding hydrogens is 278 g/mol. The first-order valence-electron chi connectivity index (χ1n) is 6.38. The molecule has 0 saturated carbocycles. The molecule has 1 aromatic carbocycles. The number of carbonyl (C=O) groups excluding carboxylic acids is 1. The largest absolute Gasteiger partial charge is 0.447 e. The molecule has 6 heteroatoms. The molecule has 0 radical (unpaired) electrons. The van der Waals surface area contributed by atoms with Crippen LogP contribution in [-0.2, 0) is 19.4 Å². The van der Waals surface area contributed by atoms with E-state index in [4.69, 9.17) is 21.8 Å². The van der Waals surface area contributed by atoms with E-state index < -0.39 is 0 Å². The Bertz CT molecular complexity index is 654. The Balaban J connectivity index is 1.67. The third kappa shape index (κ3) is 2.55. The minimum atomic E-state index is -0.239. The standard InChI is InChI=1S/C14H14ClN3O2/c15-10-2-1-8-4-11(5-9(8)3-10)17-14(19)12-7-20-13(6-16)18-12/h1-3,7,11H,4-6,16H2,(H,17,19). The highest BCUT2D eigenvalue weighted by Gasteiger charge is 2.24. The van der Waals surface area contributed by atoms with Crippen LogP contribution >= 0.6 is 11.6 Å². The fourth-order valence-corrected chi connectivity index (χ4v) is 2.65. The molecule has 3 rings (SSSR count). The molecule has 1 amide bonds. The lowest BCUT2D eigenvalue weighted by Crippen LogP contribution is -2.35. The zero-order chi connectivity index (χ0) is 14.1. The van der Waals surface area contributed by atoms with Crippen LogP contribution in [0.25, 0.3) is 0 Å². The van der Waals surface area contributed by atoms with Crippen LogP contribution < -0.4 is 11.1 Å². The van der Waals surface area contributed by atoms with Crippen LogP contribution in [-0.4, -0.2) is 16.9 Å². The summed E-state index contributed by atoms with van der Waals surface area (Å²) in [6, 6.07) is 5.89. The molecular formula is C14H14ClN3O2. The minimum Gasteiger partial charge on any atom is -0.447 e. The van der Waals surface area contributed by atoms with E-state index in [1.165, 1.54) is 17.4 Å². The van der Waals surface area contributed by atoms with Gasteiger partial charge in [-0.15, -0.1) is 0 Å². The Morgan fingerprint density at radius 2 is 2.25 bits per heavy atom. The van der Waals surface area contributed by atoms with E-state index in [1.54, 1.807) is 0 Å². The van der Waals surface area contributed by atoms with Crippen LogP contribution in [0.4, 0.5) is 0 Å². The number of halogens is 1. The van der Waals surface area contributed by atoms with Crippen molar-refractivity contribution >= 4 is 17.5 Å². The topological polar surface area (TPSA) is 81.1 Å². The van der Waals surface area contributed by atoms with Gasteiger partial charge in [-0.1, -0.05) is 17.7 Å². The van der Waals surface area contributed by atoms with Gasteiger partial charge >= 0.3 is 0 Å². The Hall–Kier alpha value is -1.85. The zero-order valence-corrected chi connectivity index (χ0v) is 11.5. The molecule has 0 spiro atoms. The van der Waals surface area contributed by atoms with Crippen LogP contribution in [0.5, 0.6) is 0 Å². The molecule has 104 valence electrons. The number of rotatable bonds is 3. The number of nitrogens with two attached hydrogens (primary N) is 1. The number of hydrogen-bond acceptors (Lipinski definition) is 4. The highest BCUT2D eigenvalue weighted by molar-refractivity contribution is 6.30. The summed E-state index contributed by atoms with van der Waals surface area (Å²) in [5.74, 6) is 0.119. The van der Waals surface area contributed by atoms with Crippen molar-refractivity contribution in [1.29, 1.82) is 0 Å². The van der Waals surface area contributed by atoms with E-state index in [1.807, 2.05) is 18.2 Å². The monoisotopic (exact) mass is 291 g/mol. The van der Waals surface area contributed by atoms with Gasteiger partial charge in [-0.05, 0) is 36.1 Å². The highest BCUT2D eigenvalue weighted by atomic mass is 35.5. The van der Waals surface area contributed by atoms with E-state index in [0.29, 0.717) is 5.89 Å². The molecule has 1 aliphatic rings. The quantitative estimate of drug-likeness (QED) is 0.901. The van der Waals surface area contributed by atoms with Gasteiger partial charge in [0.15, 0.2) is 5.69 Å². The van der Waals surface area contributed by atoms with Crippen molar-refractivity contribution < 1.29 is 9.21 Å². The summed E-state index contributed by atoms with van der Waals surface area (Å²) in [6.45, 7) is 0.181. The Kier molecular flexibility index (Phi) is 3.46. The first-order chi connectivity index (χ1) is 9.65. The van der Waals surface area contributed by atoms with Crippen molar-refractivity contribution in [2.75, 3.05) is 0 Å². The SMILES string of the molecule is NCc1nc(C(=O)NC2Cc3ccc(Cl)cc3C2)co1. The van der Waals surface area contributed by atoms with Gasteiger partial charge in [-0.2, -0.15) is 0 Å². The molecule has 3 N–H and O–H groups in total. The average molecular weight is 292 g/mol. The molecule has 20 heavy (non-hydrogen) atoms. The lowest BCUT2D eigenvalue weighted by molar-refractivity contribution is 0.0933. The van der Waals surface area contributed by atoms with Crippen LogP contribution in [0.1, 0.15) is 27.5 Å². The van der Waals surface area contributed by atoms with Gasteiger partial charge in [-0.25, -0.2) is 4.98 Å². The Labute approximate surface area is 121 Å². The minimum absolute atomic E-state index is 0.0639. The number of aromatic nitrogens is 1. The van der Waals surface area contributed by atoms with Crippen molar-refractivity contribution in [2.24, 2.45) is 5.73 Å². The maximum absolute atomic E-state index is 12.0. The lowest BCUT2D eigenvalue weighted by Gasteiger charge is -2.10. The van der Waals surface area contributed by atoms with Gasteiger partial charge < -0.3 is 15.5 Å². The predicted molar refractivity (Wildman–Crippen MR) is 74.5 cm³/mol. The summed E-state index contributed by atoms with van der Waals surface area (Å²) in [6.07, 6.45) is 2.92. The van der Waals surface area contributed by atoms with Crippen molar-refractivity contribution in [1.82, 2.24) is 10.3 Å². The van der Waals surface area contributed by atoms with E-state index in [-0.39, 0.29) is 24.2 Å². The van der Waals surface area contributed by atoms with E-state index in [2.05, 4.69) is 10.3 Å². The summed E-state index contributed by atoms with van der Waals surface area (Å²) in [5, 5.41) is 3.68. The van der Waals surface area contributed by atoms with Crippen molar-refractivity contribution in [2.45, 2.75) is 25.4 Å². The van der Waals surface area contributed by atoms with Gasteiger partial charge in [-0.3, -0.25) is 4.79 Å². The maximum atomic E-state index is 12.0. The summed E-state index contributed by atoms with van der Waals surface area (Å²) < 4.78 is 5.06. The van der Waals surface area contributed by atoms with Crippen LogP contribution in [0, 0.1) is 0 Å². The van der Waals surface area contributed by atoms with E-state index in [9.17, 15) is 4.79 Å². The molecule has 2 aromatic rings. The molecule has 0 bridgehead atoms. The maximum Gasteiger partial charge on any atom is 0.273 e. The average Bonchev–Trinajstić information content (AvgIpc) is 3.03. The number of nitrogens with zero attached hydrogens (tertiary/aromatic N) is 1. The molecule has 1 heterocycles. The Morgan fingerprint density at radius 1 is 1.45 bits per heavy atom. The summed E-state index contributed by atoms with van der Waals surface area (Å²) >= 11 is 5.97. The highest BCUT2D eigenvalue weighted by Crippen LogP contribution is 2.25. The van der Waals surface area contributed by atoms with E-state index in [0.717, 1.165) is 17.9 Å². The third-order valence-corrected chi connectivity index (χ3v) is 3.63. The fourth-order valence-electron chi connectivity index (χ4n) is 2.46. The molecule has 0 fully saturated rings. The zero-order valence-electron chi connectivity index (χ0n) is 10.7. The summed E-state index contributed by atoms with van der Waals surface area (Å²) in [7, 11) is 0. The molecule has 0 aliphatic heterocycles. The van der Waals surface area contributed by atoms with Gasteiger partial charge in [0.2, 0.25) is 5.89 Å². The molecule has 1 unspecified atom stereocenters. The number of benzene rings is 1. The second-order valence-corrected chi connectivity index (χ2v) is 5.26. The lowest BCUT2D eigenvalue weighted by atomic mass is 10.1. The van der Waals surface area contributed by atoms with Crippen LogP contribution in [0.15, 0.2) is 28.9 Å². The number of fused-ring (bicyclic) bond motifs is 1. The molecule has 1 aliphatic carbocycles. The number of hydrogen-bond donors (Lipinski definition) is 2. The second-order valence-electron chi connectivity index (χ2n) is 4.82. The molecule has 5 nitrogen and oxygen atoms in total. The smallest absolute Gasteiger partial charge is 0.273 e. The second kappa shape index (κ2) is 5.26. The van der Waals surface area contributed by atoms with Gasteiger partial charge in [0.25, 0.3) is 5.91 Å². The molecule has 1 aromatic heterocycles. The third-order valence-electron chi connectivity index (χ3n) is 3.40.